The molecule has 4 heteroatoms. The maximum absolute atomic E-state index is 13.6. The van der Waals surface area contributed by atoms with Gasteiger partial charge in [-0.25, -0.2) is 0 Å². The van der Waals surface area contributed by atoms with Crippen molar-refractivity contribution in [2.75, 3.05) is 13.1 Å². The zero-order valence-electron chi connectivity index (χ0n) is 18.1. The zero-order valence-corrected chi connectivity index (χ0v) is 18.1. The molecule has 1 saturated carbocycles. The Balaban J connectivity index is 1.82. The van der Waals surface area contributed by atoms with Crippen LogP contribution in [0, 0.1) is 18.3 Å². The second-order valence-corrected chi connectivity index (χ2v) is 9.81. The van der Waals surface area contributed by atoms with Crippen molar-refractivity contribution >= 4 is 17.4 Å². The number of carbonyl (C=O) groups excluding carboxylic acids is 2. The van der Waals surface area contributed by atoms with Crippen molar-refractivity contribution in [2.24, 2.45) is 16.3 Å². The molecule has 1 aliphatic carbocycles. The molecule has 0 bridgehead atoms. The molecule has 4 rings (SSSR count). The van der Waals surface area contributed by atoms with Crippen LogP contribution in [0.25, 0.3) is 0 Å². The van der Waals surface area contributed by atoms with Crippen molar-refractivity contribution in [3.8, 4) is 0 Å². The predicted molar refractivity (Wildman–Crippen MR) is 116 cm³/mol. The molecular formula is C25H32N2O2. The topological polar surface area (TPSA) is 49.7 Å². The summed E-state index contributed by atoms with van der Waals surface area (Å²) >= 11 is 0. The first-order valence-electron chi connectivity index (χ1n) is 10.9. The molecule has 29 heavy (non-hydrogen) atoms. The van der Waals surface area contributed by atoms with E-state index < -0.39 is 0 Å². The lowest BCUT2D eigenvalue weighted by Gasteiger charge is -2.42. The number of hydrogen-bond acceptors (Lipinski definition) is 3. The number of aliphatic imine (C=N–C) groups is 1. The summed E-state index contributed by atoms with van der Waals surface area (Å²) in [6, 6.07) is 8.34. The number of likely N-dealkylation sites (tertiary alicyclic amines) is 1. The minimum absolute atomic E-state index is 0.0705. The monoisotopic (exact) mass is 392 g/mol. The van der Waals surface area contributed by atoms with Gasteiger partial charge in [-0.05, 0) is 50.5 Å². The molecule has 2 heterocycles. The van der Waals surface area contributed by atoms with Gasteiger partial charge >= 0.3 is 0 Å². The Morgan fingerprint density at radius 1 is 1.00 bits per heavy atom. The van der Waals surface area contributed by atoms with E-state index in [1.165, 1.54) is 12.0 Å². The van der Waals surface area contributed by atoms with Crippen LogP contribution >= 0.6 is 0 Å². The maximum Gasteiger partial charge on any atom is 0.252 e. The molecule has 2 aliphatic heterocycles. The van der Waals surface area contributed by atoms with Crippen LogP contribution in [0.15, 0.2) is 40.5 Å². The summed E-state index contributed by atoms with van der Waals surface area (Å²) in [7, 11) is 0. The molecule has 154 valence electrons. The van der Waals surface area contributed by atoms with Crippen LogP contribution in [0.2, 0.25) is 0 Å². The van der Waals surface area contributed by atoms with Crippen molar-refractivity contribution in [2.45, 2.75) is 65.7 Å². The minimum atomic E-state index is -0.307. The van der Waals surface area contributed by atoms with Crippen molar-refractivity contribution in [3.05, 3.63) is 46.7 Å². The van der Waals surface area contributed by atoms with Crippen molar-refractivity contribution in [1.29, 1.82) is 0 Å². The number of hydrogen-bond donors (Lipinski definition) is 0. The number of allylic oxidation sites excluding steroid dienone is 1. The molecule has 1 aromatic carbocycles. The van der Waals surface area contributed by atoms with Crippen LogP contribution < -0.4 is 0 Å². The van der Waals surface area contributed by atoms with Crippen molar-refractivity contribution in [3.63, 3.8) is 0 Å². The SMILES string of the molecule is CC1=C(C(=O)N2CCCCC2)[C@@H](c2ccc(C)cc2)C2C(=O)CC(C)(C)CC2=N1. The van der Waals surface area contributed by atoms with Crippen LogP contribution in [-0.2, 0) is 9.59 Å². The molecule has 0 N–H and O–H groups in total. The molecular weight excluding hydrogens is 360 g/mol. The van der Waals surface area contributed by atoms with E-state index in [0.717, 1.165) is 54.9 Å². The Hall–Kier alpha value is -2.23. The van der Waals surface area contributed by atoms with Crippen molar-refractivity contribution in [1.82, 2.24) is 4.90 Å². The first kappa shape index (κ1) is 20.1. The highest BCUT2D eigenvalue weighted by Crippen LogP contribution is 2.47. The first-order valence-corrected chi connectivity index (χ1v) is 10.9. The van der Waals surface area contributed by atoms with E-state index in [-0.39, 0.29) is 28.9 Å². The molecule has 1 aromatic rings. The van der Waals surface area contributed by atoms with E-state index in [9.17, 15) is 9.59 Å². The number of piperidine rings is 1. The number of rotatable bonds is 2. The number of aryl methyl sites for hydroxylation is 1. The Morgan fingerprint density at radius 2 is 1.66 bits per heavy atom. The fraction of sp³-hybridized carbons (Fsp3) is 0.560. The van der Waals surface area contributed by atoms with E-state index in [4.69, 9.17) is 4.99 Å². The molecule has 0 radical (unpaired) electrons. The normalized spacial score (nSPS) is 26.8. The van der Waals surface area contributed by atoms with Crippen LogP contribution in [0.5, 0.6) is 0 Å². The van der Waals surface area contributed by atoms with E-state index in [1.807, 2.05) is 11.8 Å². The lowest BCUT2D eigenvalue weighted by molar-refractivity contribution is -0.128. The van der Waals surface area contributed by atoms with Crippen molar-refractivity contribution < 1.29 is 9.59 Å². The number of Topliss-reactive ketones (excluding diaryl/α,β-unsaturated/α-hetero) is 1. The van der Waals surface area contributed by atoms with E-state index in [0.29, 0.717) is 6.42 Å². The number of fused-ring (bicyclic) bond motifs is 1. The summed E-state index contributed by atoms with van der Waals surface area (Å²) in [5.74, 6) is -0.227. The molecule has 1 saturated heterocycles. The number of carbonyl (C=O) groups is 2. The van der Waals surface area contributed by atoms with Gasteiger partial charge in [0.2, 0.25) is 0 Å². The van der Waals surface area contributed by atoms with Gasteiger partial charge in [0.15, 0.2) is 0 Å². The fourth-order valence-electron chi connectivity index (χ4n) is 5.27. The summed E-state index contributed by atoms with van der Waals surface area (Å²) in [5, 5.41) is 0. The van der Waals surface area contributed by atoms with Gasteiger partial charge in [0.25, 0.3) is 5.91 Å². The lowest BCUT2D eigenvalue weighted by atomic mass is 9.63. The van der Waals surface area contributed by atoms with Gasteiger partial charge in [0.1, 0.15) is 5.78 Å². The Kier molecular flexibility index (Phi) is 5.22. The summed E-state index contributed by atoms with van der Waals surface area (Å²) in [5.41, 5.74) is 4.66. The minimum Gasteiger partial charge on any atom is -0.339 e. The van der Waals surface area contributed by atoms with Gasteiger partial charge < -0.3 is 4.90 Å². The van der Waals surface area contributed by atoms with Gasteiger partial charge in [0.05, 0.1) is 5.92 Å². The standard InChI is InChI=1S/C25H32N2O2/c1-16-8-10-18(11-9-16)22-21(24(29)27-12-6-5-7-13-27)17(2)26-19-14-25(3,4)15-20(28)23(19)22/h8-11,22-23H,5-7,12-15H2,1-4H3/t22-,23?/m1/s1. The van der Waals surface area contributed by atoms with Crippen LogP contribution in [0.4, 0.5) is 0 Å². The Labute approximate surface area is 174 Å². The number of nitrogens with zero attached hydrogens (tertiary/aromatic N) is 2. The summed E-state index contributed by atoms with van der Waals surface area (Å²) in [6.07, 6.45) is 4.65. The fourth-order valence-corrected chi connectivity index (χ4v) is 5.27. The van der Waals surface area contributed by atoms with E-state index in [1.54, 1.807) is 0 Å². The lowest BCUT2D eigenvalue weighted by Crippen LogP contribution is -2.46. The predicted octanol–water partition coefficient (Wildman–Crippen LogP) is 4.83. The quantitative estimate of drug-likeness (QED) is 0.724. The maximum atomic E-state index is 13.6. The van der Waals surface area contributed by atoms with Crippen LogP contribution in [0.3, 0.4) is 0 Å². The highest BCUT2D eigenvalue weighted by molar-refractivity contribution is 6.12. The Morgan fingerprint density at radius 3 is 2.31 bits per heavy atom. The van der Waals surface area contributed by atoms with Gasteiger partial charge in [-0.15, -0.1) is 0 Å². The van der Waals surface area contributed by atoms with Gasteiger partial charge in [-0.1, -0.05) is 43.7 Å². The van der Waals surface area contributed by atoms with Gasteiger partial charge in [-0.3, -0.25) is 14.6 Å². The highest BCUT2D eigenvalue weighted by atomic mass is 16.2. The highest BCUT2D eigenvalue weighted by Gasteiger charge is 2.47. The van der Waals surface area contributed by atoms with E-state index in [2.05, 4.69) is 45.0 Å². The third-order valence-corrected chi connectivity index (χ3v) is 6.67. The second kappa shape index (κ2) is 7.55. The molecule has 1 amide bonds. The molecule has 1 unspecified atom stereocenters. The largest absolute Gasteiger partial charge is 0.339 e. The summed E-state index contributed by atoms with van der Waals surface area (Å²) in [6.45, 7) is 9.90. The molecule has 2 fully saturated rings. The third kappa shape index (κ3) is 3.82. The summed E-state index contributed by atoms with van der Waals surface area (Å²) < 4.78 is 0. The average molecular weight is 393 g/mol. The van der Waals surface area contributed by atoms with Crippen LogP contribution in [-0.4, -0.2) is 35.4 Å². The Bertz CT molecular complexity index is 886. The van der Waals surface area contributed by atoms with Crippen LogP contribution in [0.1, 0.15) is 69.9 Å². The number of ketones is 1. The van der Waals surface area contributed by atoms with Gasteiger partial charge in [0, 0.05) is 42.4 Å². The van der Waals surface area contributed by atoms with E-state index >= 15 is 0 Å². The molecule has 2 atom stereocenters. The number of benzene rings is 1. The molecule has 0 spiro atoms. The summed E-state index contributed by atoms with van der Waals surface area (Å²) in [4.78, 5) is 33.8. The zero-order chi connectivity index (χ0) is 20.8. The molecule has 4 nitrogen and oxygen atoms in total. The molecule has 0 aromatic heterocycles. The number of amides is 1. The molecule has 3 aliphatic rings. The average Bonchev–Trinajstić information content (AvgIpc) is 2.67. The first-order chi connectivity index (χ1) is 13.8. The van der Waals surface area contributed by atoms with Gasteiger partial charge in [-0.2, -0.15) is 0 Å². The third-order valence-electron chi connectivity index (χ3n) is 6.67. The smallest absolute Gasteiger partial charge is 0.252 e. The second-order valence-electron chi connectivity index (χ2n) is 9.81.